The third-order valence-corrected chi connectivity index (χ3v) is 3.37. The van der Waals surface area contributed by atoms with Gasteiger partial charge in [0.15, 0.2) is 11.5 Å². The van der Waals surface area contributed by atoms with E-state index in [4.69, 9.17) is 9.47 Å². The second kappa shape index (κ2) is 5.32. The van der Waals surface area contributed by atoms with Gasteiger partial charge in [-0.05, 0) is 30.7 Å². The van der Waals surface area contributed by atoms with E-state index < -0.39 is 4.92 Å². The number of hydrogen-bond acceptors (Lipinski definition) is 5. The maximum absolute atomic E-state index is 11.0. The third-order valence-electron chi connectivity index (χ3n) is 3.37. The average Bonchev–Trinajstić information content (AvgIpc) is 2.94. The summed E-state index contributed by atoms with van der Waals surface area (Å²) in [6.07, 6.45) is 0. The van der Waals surface area contributed by atoms with Crippen LogP contribution in [-0.4, -0.2) is 11.7 Å². The summed E-state index contributed by atoms with van der Waals surface area (Å²) in [4.78, 5) is 10.6. The first-order valence-corrected chi connectivity index (χ1v) is 6.54. The van der Waals surface area contributed by atoms with E-state index >= 15 is 0 Å². The van der Waals surface area contributed by atoms with Crippen LogP contribution in [0.4, 0.5) is 11.4 Å². The molecular weight excluding hydrogens is 272 g/mol. The number of benzene rings is 2. The molecule has 108 valence electrons. The number of para-hydroxylation sites is 2. The van der Waals surface area contributed by atoms with Gasteiger partial charge in [-0.3, -0.25) is 10.1 Å². The number of hydrogen-bond donors (Lipinski definition) is 1. The number of fused-ring (bicyclic) bond motifs is 1. The summed E-state index contributed by atoms with van der Waals surface area (Å²) >= 11 is 0. The summed E-state index contributed by atoms with van der Waals surface area (Å²) in [6.45, 7) is 2.17. The lowest BCUT2D eigenvalue weighted by atomic mass is 10.1. The highest BCUT2D eigenvalue weighted by atomic mass is 16.7. The second-order valence-corrected chi connectivity index (χ2v) is 4.75. The molecule has 0 aliphatic carbocycles. The number of ether oxygens (including phenoxy) is 2. The van der Waals surface area contributed by atoms with Gasteiger partial charge in [0.25, 0.3) is 5.69 Å². The summed E-state index contributed by atoms with van der Waals surface area (Å²) in [5.41, 5.74) is 1.52. The van der Waals surface area contributed by atoms with Gasteiger partial charge in [0.05, 0.1) is 4.92 Å². The van der Waals surface area contributed by atoms with Crippen LogP contribution in [0.1, 0.15) is 18.5 Å². The number of nitrogens with zero attached hydrogens (tertiary/aromatic N) is 1. The van der Waals surface area contributed by atoms with Gasteiger partial charge in [0.1, 0.15) is 5.69 Å². The lowest BCUT2D eigenvalue weighted by Crippen LogP contribution is -2.08. The molecule has 1 atom stereocenters. The molecule has 0 amide bonds. The minimum atomic E-state index is -0.394. The maximum atomic E-state index is 11.0. The van der Waals surface area contributed by atoms with Crippen molar-refractivity contribution in [1.82, 2.24) is 0 Å². The Balaban J connectivity index is 1.83. The second-order valence-electron chi connectivity index (χ2n) is 4.75. The normalized spacial score (nSPS) is 13.8. The Morgan fingerprint density at radius 3 is 2.76 bits per heavy atom. The van der Waals surface area contributed by atoms with Crippen molar-refractivity contribution in [3.63, 3.8) is 0 Å². The molecule has 1 unspecified atom stereocenters. The molecule has 1 N–H and O–H groups in total. The number of anilines is 1. The molecule has 0 radical (unpaired) electrons. The Labute approximate surface area is 121 Å². The minimum Gasteiger partial charge on any atom is -0.454 e. The summed E-state index contributed by atoms with van der Waals surface area (Å²) in [6, 6.07) is 12.1. The Morgan fingerprint density at radius 1 is 1.19 bits per heavy atom. The van der Waals surface area contributed by atoms with E-state index in [1.807, 2.05) is 25.1 Å². The van der Waals surface area contributed by atoms with Crippen molar-refractivity contribution in [2.45, 2.75) is 13.0 Å². The summed E-state index contributed by atoms with van der Waals surface area (Å²) in [5.74, 6) is 1.42. The van der Waals surface area contributed by atoms with Crippen molar-refractivity contribution in [3.05, 3.63) is 58.1 Å². The first-order valence-electron chi connectivity index (χ1n) is 6.54. The number of nitro groups is 1. The monoisotopic (exact) mass is 286 g/mol. The molecule has 0 bridgehead atoms. The smallest absolute Gasteiger partial charge is 0.292 e. The van der Waals surface area contributed by atoms with Crippen LogP contribution in [0, 0.1) is 10.1 Å². The van der Waals surface area contributed by atoms with Gasteiger partial charge in [-0.1, -0.05) is 18.2 Å². The van der Waals surface area contributed by atoms with Gasteiger partial charge in [0, 0.05) is 12.1 Å². The molecule has 6 nitrogen and oxygen atoms in total. The van der Waals surface area contributed by atoms with Gasteiger partial charge < -0.3 is 14.8 Å². The molecule has 0 saturated heterocycles. The molecule has 1 aliphatic rings. The highest BCUT2D eigenvalue weighted by Crippen LogP contribution is 2.35. The number of nitrogens with one attached hydrogen (secondary N) is 1. The zero-order valence-electron chi connectivity index (χ0n) is 11.4. The van der Waals surface area contributed by atoms with Gasteiger partial charge in [-0.15, -0.1) is 0 Å². The van der Waals surface area contributed by atoms with Crippen LogP contribution in [0.2, 0.25) is 0 Å². The van der Waals surface area contributed by atoms with Crippen molar-refractivity contribution >= 4 is 11.4 Å². The summed E-state index contributed by atoms with van der Waals surface area (Å²) in [7, 11) is 0. The van der Waals surface area contributed by atoms with Crippen molar-refractivity contribution in [2.24, 2.45) is 0 Å². The Bertz CT molecular complexity index is 687. The van der Waals surface area contributed by atoms with E-state index in [-0.39, 0.29) is 18.5 Å². The number of rotatable bonds is 4. The molecule has 1 aliphatic heterocycles. The molecule has 0 aromatic heterocycles. The van der Waals surface area contributed by atoms with Crippen molar-refractivity contribution in [2.75, 3.05) is 12.1 Å². The van der Waals surface area contributed by atoms with Crippen LogP contribution < -0.4 is 14.8 Å². The van der Waals surface area contributed by atoms with Crippen LogP contribution in [0.25, 0.3) is 0 Å². The number of nitro benzene ring substituents is 1. The fourth-order valence-corrected chi connectivity index (χ4v) is 2.25. The van der Waals surface area contributed by atoms with E-state index in [0.29, 0.717) is 11.4 Å². The predicted molar refractivity (Wildman–Crippen MR) is 77.7 cm³/mol. The molecule has 6 heteroatoms. The first kappa shape index (κ1) is 13.2. The molecule has 0 fully saturated rings. The molecule has 2 aromatic carbocycles. The third kappa shape index (κ3) is 2.60. The predicted octanol–water partition coefficient (Wildman–Crippen LogP) is 3.50. The zero-order chi connectivity index (χ0) is 14.8. The van der Waals surface area contributed by atoms with Crippen LogP contribution >= 0.6 is 0 Å². The van der Waals surface area contributed by atoms with Crippen LogP contribution in [-0.2, 0) is 0 Å². The van der Waals surface area contributed by atoms with Gasteiger partial charge in [0.2, 0.25) is 6.79 Å². The van der Waals surface area contributed by atoms with Gasteiger partial charge in [-0.25, -0.2) is 0 Å². The Kier molecular flexibility index (Phi) is 3.35. The first-order chi connectivity index (χ1) is 10.1. The van der Waals surface area contributed by atoms with Crippen LogP contribution in [0.5, 0.6) is 11.5 Å². The summed E-state index contributed by atoms with van der Waals surface area (Å²) in [5, 5.41) is 14.2. The van der Waals surface area contributed by atoms with E-state index in [2.05, 4.69) is 5.32 Å². The zero-order valence-corrected chi connectivity index (χ0v) is 11.4. The lowest BCUT2D eigenvalue weighted by molar-refractivity contribution is -0.384. The van der Waals surface area contributed by atoms with E-state index in [1.54, 1.807) is 18.2 Å². The van der Waals surface area contributed by atoms with E-state index in [0.717, 1.165) is 11.3 Å². The Hall–Kier alpha value is -2.76. The minimum absolute atomic E-state index is 0.0603. The highest BCUT2D eigenvalue weighted by molar-refractivity contribution is 5.62. The van der Waals surface area contributed by atoms with Gasteiger partial charge in [-0.2, -0.15) is 0 Å². The maximum Gasteiger partial charge on any atom is 0.292 e. The molecule has 3 rings (SSSR count). The van der Waals surface area contributed by atoms with Crippen molar-refractivity contribution in [1.29, 1.82) is 0 Å². The van der Waals surface area contributed by atoms with Gasteiger partial charge >= 0.3 is 0 Å². The quantitative estimate of drug-likeness (QED) is 0.688. The standard InChI is InChI=1S/C15H14N2O4/c1-10(11-6-7-14-15(8-11)21-9-20-14)16-12-4-2-3-5-13(12)17(18)19/h2-8,10,16H,9H2,1H3. The van der Waals surface area contributed by atoms with E-state index in [9.17, 15) is 10.1 Å². The molecule has 21 heavy (non-hydrogen) atoms. The van der Waals surface area contributed by atoms with E-state index in [1.165, 1.54) is 6.07 Å². The Morgan fingerprint density at radius 2 is 1.95 bits per heavy atom. The summed E-state index contributed by atoms with van der Waals surface area (Å²) < 4.78 is 10.6. The van der Waals surface area contributed by atoms with Crippen LogP contribution in [0.15, 0.2) is 42.5 Å². The molecule has 0 spiro atoms. The SMILES string of the molecule is CC(Nc1ccccc1[N+](=O)[O-])c1ccc2c(c1)OCO2. The van der Waals surface area contributed by atoms with Crippen molar-refractivity contribution < 1.29 is 14.4 Å². The molecule has 1 heterocycles. The lowest BCUT2D eigenvalue weighted by Gasteiger charge is -2.16. The molecule has 2 aromatic rings. The fourth-order valence-electron chi connectivity index (χ4n) is 2.25. The topological polar surface area (TPSA) is 73.6 Å². The van der Waals surface area contributed by atoms with Crippen molar-refractivity contribution in [3.8, 4) is 11.5 Å². The van der Waals surface area contributed by atoms with Crippen LogP contribution in [0.3, 0.4) is 0 Å². The average molecular weight is 286 g/mol. The fraction of sp³-hybridized carbons (Fsp3) is 0.200. The highest BCUT2D eigenvalue weighted by Gasteiger charge is 2.18. The largest absolute Gasteiger partial charge is 0.454 e. The molecule has 0 saturated carbocycles. The molecular formula is C15H14N2O4.